The number of amides is 1. The van der Waals surface area contributed by atoms with Crippen LogP contribution in [0.25, 0.3) is 10.2 Å². The number of rotatable bonds is 9. The zero-order valence-corrected chi connectivity index (χ0v) is 18.2. The number of hydrogen-bond donors (Lipinski definition) is 1. The maximum absolute atomic E-state index is 12.8. The highest BCUT2D eigenvalue weighted by molar-refractivity contribution is 7.22. The summed E-state index contributed by atoms with van der Waals surface area (Å²) in [4.78, 5) is 17.3. The smallest absolute Gasteiger partial charge is 0.257 e. The lowest BCUT2D eigenvalue weighted by Gasteiger charge is -2.06. The zero-order chi connectivity index (χ0) is 21.5. The van der Waals surface area contributed by atoms with Gasteiger partial charge in [0.1, 0.15) is 5.75 Å². The van der Waals surface area contributed by atoms with Gasteiger partial charge in [0.15, 0.2) is 11.9 Å². The van der Waals surface area contributed by atoms with Gasteiger partial charge >= 0.3 is 0 Å². The fraction of sp³-hybridized carbons (Fsp3) is 0.200. The maximum atomic E-state index is 12.8. The molecule has 0 radical (unpaired) electrons. The Labute approximate surface area is 185 Å². The highest BCUT2D eigenvalue weighted by Crippen LogP contribution is 2.29. The third kappa shape index (κ3) is 5.69. The van der Waals surface area contributed by atoms with E-state index in [0.717, 1.165) is 28.6 Å². The molecule has 4 rings (SSSR count). The highest BCUT2D eigenvalue weighted by atomic mass is 32.1. The predicted octanol–water partition coefficient (Wildman–Crippen LogP) is 5.71. The van der Waals surface area contributed by atoms with Crippen molar-refractivity contribution >= 4 is 32.6 Å². The first-order valence-electron chi connectivity index (χ1n) is 10.3. The minimum absolute atomic E-state index is 0.159. The predicted molar refractivity (Wildman–Crippen MR) is 125 cm³/mol. The van der Waals surface area contributed by atoms with Crippen molar-refractivity contribution in [2.45, 2.75) is 19.8 Å². The lowest BCUT2D eigenvalue weighted by molar-refractivity contribution is 0.0225. The molecule has 0 atom stereocenters. The van der Waals surface area contributed by atoms with Gasteiger partial charge in [-0.1, -0.05) is 53.8 Å². The van der Waals surface area contributed by atoms with Crippen LogP contribution in [0, 0.1) is 0 Å². The van der Waals surface area contributed by atoms with E-state index in [0.29, 0.717) is 23.1 Å². The standard InChI is InChI=1S/C25H24N2O3S/c1-2-29-17-30-21-13-14-22-23(16-21)31-25(26-22)27-24(28)20-10-6-9-19(15-20)12-11-18-7-4-3-5-8-18/h3-10,13-16H,2,11-12,17H2,1H3,(H,26,27,28). The van der Waals surface area contributed by atoms with Crippen molar-refractivity contribution in [3.8, 4) is 5.75 Å². The van der Waals surface area contributed by atoms with Crippen molar-refractivity contribution in [2.24, 2.45) is 0 Å². The molecule has 0 saturated heterocycles. The lowest BCUT2D eigenvalue weighted by atomic mass is 10.0. The molecule has 0 unspecified atom stereocenters. The number of carbonyl (C=O) groups is 1. The molecule has 5 nitrogen and oxygen atoms in total. The molecule has 0 aliphatic heterocycles. The Balaban J connectivity index is 1.41. The Morgan fingerprint density at radius 3 is 2.61 bits per heavy atom. The summed E-state index contributed by atoms with van der Waals surface area (Å²) < 4.78 is 11.7. The lowest BCUT2D eigenvalue weighted by Crippen LogP contribution is -2.12. The second-order valence-corrected chi connectivity index (χ2v) is 8.07. The monoisotopic (exact) mass is 432 g/mol. The van der Waals surface area contributed by atoms with Crippen LogP contribution >= 0.6 is 11.3 Å². The van der Waals surface area contributed by atoms with Crippen molar-refractivity contribution in [2.75, 3.05) is 18.7 Å². The van der Waals surface area contributed by atoms with Crippen LogP contribution in [0.5, 0.6) is 5.75 Å². The van der Waals surface area contributed by atoms with Gasteiger partial charge in [-0.25, -0.2) is 4.98 Å². The van der Waals surface area contributed by atoms with Gasteiger partial charge in [-0.2, -0.15) is 0 Å². The summed E-state index contributed by atoms with van der Waals surface area (Å²) in [6.45, 7) is 2.74. The quantitative estimate of drug-likeness (QED) is 0.272. The fourth-order valence-electron chi connectivity index (χ4n) is 3.21. The number of nitrogens with zero attached hydrogens (tertiary/aromatic N) is 1. The summed E-state index contributed by atoms with van der Waals surface area (Å²) in [7, 11) is 0. The summed E-state index contributed by atoms with van der Waals surface area (Å²) >= 11 is 1.42. The molecule has 4 aromatic rings. The molecule has 0 spiro atoms. The molecule has 0 aliphatic carbocycles. The average molecular weight is 433 g/mol. The second kappa shape index (κ2) is 10.2. The molecule has 1 aromatic heterocycles. The first kappa shape index (κ1) is 21.0. The number of hydrogen-bond acceptors (Lipinski definition) is 5. The van der Waals surface area contributed by atoms with Crippen LogP contribution in [0.2, 0.25) is 0 Å². The van der Waals surface area contributed by atoms with Crippen molar-refractivity contribution in [3.63, 3.8) is 0 Å². The first-order chi connectivity index (χ1) is 15.2. The van der Waals surface area contributed by atoms with Gasteiger partial charge in [0.05, 0.1) is 10.2 Å². The first-order valence-corrected chi connectivity index (χ1v) is 11.1. The largest absolute Gasteiger partial charge is 0.468 e. The van der Waals surface area contributed by atoms with E-state index in [2.05, 4.69) is 28.5 Å². The molecule has 0 fully saturated rings. The summed E-state index contributed by atoms with van der Waals surface area (Å²) in [5.74, 6) is 0.557. The topological polar surface area (TPSA) is 60.5 Å². The third-order valence-corrected chi connectivity index (χ3v) is 5.76. The highest BCUT2D eigenvalue weighted by Gasteiger charge is 2.11. The van der Waals surface area contributed by atoms with Gasteiger partial charge in [0.2, 0.25) is 0 Å². The van der Waals surface area contributed by atoms with Crippen LogP contribution in [-0.2, 0) is 17.6 Å². The number of nitrogens with one attached hydrogen (secondary N) is 1. The molecule has 1 amide bonds. The number of carbonyl (C=O) groups excluding carboxylic acids is 1. The van der Waals surface area contributed by atoms with Crippen LogP contribution in [-0.4, -0.2) is 24.3 Å². The number of aromatic nitrogens is 1. The van der Waals surface area contributed by atoms with Crippen molar-refractivity contribution in [1.82, 2.24) is 4.98 Å². The van der Waals surface area contributed by atoms with E-state index in [1.54, 1.807) is 0 Å². The van der Waals surface area contributed by atoms with Crippen LogP contribution < -0.4 is 10.1 Å². The minimum atomic E-state index is -0.159. The summed E-state index contributed by atoms with van der Waals surface area (Å²) in [5, 5.41) is 3.49. The molecular weight excluding hydrogens is 408 g/mol. The SMILES string of the molecule is CCOCOc1ccc2nc(NC(=O)c3cccc(CCc4ccccc4)c3)sc2c1. The van der Waals surface area contributed by atoms with Crippen molar-refractivity contribution < 1.29 is 14.3 Å². The molecule has 3 aromatic carbocycles. The van der Waals surface area contributed by atoms with Gasteiger partial charge in [0.25, 0.3) is 5.91 Å². The Morgan fingerprint density at radius 2 is 1.77 bits per heavy atom. The number of fused-ring (bicyclic) bond motifs is 1. The number of benzene rings is 3. The van der Waals surface area contributed by atoms with Crippen LogP contribution in [0.4, 0.5) is 5.13 Å². The number of aryl methyl sites for hydroxylation is 2. The van der Waals surface area contributed by atoms with Gasteiger partial charge in [-0.15, -0.1) is 0 Å². The number of ether oxygens (including phenoxy) is 2. The van der Waals surface area contributed by atoms with E-state index in [9.17, 15) is 4.79 Å². The van der Waals surface area contributed by atoms with Gasteiger partial charge in [-0.05, 0) is 61.2 Å². The molecule has 0 saturated carbocycles. The van der Waals surface area contributed by atoms with E-state index in [-0.39, 0.29) is 12.7 Å². The average Bonchev–Trinajstić information content (AvgIpc) is 3.20. The number of anilines is 1. The normalized spacial score (nSPS) is 10.9. The molecule has 31 heavy (non-hydrogen) atoms. The van der Waals surface area contributed by atoms with E-state index >= 15 is 0 Å². The minimum Gasteiger partial charge on any atom is -0.468 e. The van der Waals surface area contributed by atoms with E-state index in [1.807, 2.05) is 61.5 Å². The van der Waals surface area contributed by atoms with Gasteiger partial charge < -0.3 is 9.47 Å². The number of thiazole rings is 1. The Bertz CT molecular complexity index is 1160. The summed E-state index contributed by atoms with van der Waals surface area (Å²) in [6.07, 6.45) is 1.83. The summed E-state index contributed by atoms with van der Waals surface area (Å²) in [6, 6.07) is 23.8. The molecule has 158 valence electrons. The molecule has 6 heteroatoms. The van der Waals surface area contributed by atoms with Crippen molar-refractivity contribution in [1.29, 1.82) is 0 Å². The maximum Gasteiger partial charge on any atom is 0.257 e. The third-order valence-electron chi connectivity index (χ3n) is 4.83. The zero-order valence-electron chi connectivity index (χ0n) is 17.3. The summed E-state index contributed by atoms with van der Waals surface area (Å²) in [5.41, 5.74) is 3.87. The van der Waals surface area contributed by atoms with E-state index < -0.39 is 0 Å². The van der Waals surface area contributed by atoms with Crippen LogP contribution in [0.1, 0.15) is 28.4 Å². The van der Waals surface area contributed by atoms with E-state index in [4.69, 9.17) is 9.47 Å². The molecule has 1 N–H and O–H groups in total. The Hall–Kier alpha value is -3.22. The van der Waals surface area contributed by atoms with Crippen LogP contribution in [0.15, 0.2) is 72.8 Å². The fourth-order valence-corrected chi connectivity index (χ4v) is 4.10. The Morgan fingerprint density at radius 1 is 0.968 bits per heavy atom. The molecule has 0 aliphatic rings. The van der Waals surface area contributed by atoms with E-state index in [1.165, 1.54) is 16.9 Å². The van der Waals surface area contributed by atoms with Gasteiger partial charge in [-0.3, -0.25) is 10.1 Å². The second-order valence-electron chi connectivity index (χ2n) is 7.04. The van der Waals surface area contributed by atoms with Crippen molar-refractivity contribution in [3.05, 3.63) is 89.5 Å². The van der Waals surface area contributed by atoms with Crippen LogP contribution in [0.3, 0.4) is 0 Å². The molecular formula is C25H24N2O3S. The molecule has 1 heterocycles. The molecule has 0 bridgehead atoms. The Kier molecular flexibility index (Phi) is 6.92. The van der Waals surface area contributed by atoms with Gasteiger partial charge in [0, 0.05) is 12.2 Å².